The van der Waals surface area contributed by atoms with Gasteiger partial charge in [0.25, 0.3) is 0 Å². The van der Waals surface area contributed by atoms with Gasteiger partial charge >= 0.3 is 22.6 Å². The molecule has 18 nitrogen and oxygen atoms in total. The number of aromatic amines is 2. The Labute approximate surface area is 351 Å². The smallest absolute Gasteiger partial charge is 0.453 e. The van der Waals surface area contributed by atoms with Gasteiger partial charge in [-0.1, -0.05) is 27.7 Å². The minimum Gasteiger partial charge on any atom is -0.453 e. The Morgan fingerprint density at radius 2 is 1.10 bits per heavy atom. The number of carbonyl (C=O) groups excluding carboxylic acids is 4. The number of halogens is 2. The molecule has 2 aromatic heterocycles. The lowest BCUT2D eigenvalue weighted by Crippen LogP contribution is -2.51. The molecular weight excluding hydrogens is 823 g/mol. The van der Waals surface area contributed by atoms with Gasteiger partial charge in [-0.2, -0.15) is 0 Å². The minimum absolute atomic E-state index is 0.237. The molecule has 4 N–H and O–H groups in total. The van der Waals surface area contributed by atoms with E-state index in [1.54, 1.807) is 37.5 Å². The molecule has 4 aromatic rings. The van der Waals surface area contributed by atoms with Crippen molar-refractivity contribution in [2.45, 2.75) is 77.5 Å². The van der Waals surface area contributed by atoms with Gasteiger partial charge in [0.15, 0.2) is 23.1 Å². The highest BCUT2D eigenvalue weighted by molar-refractivity contribution is 7.82. The van der Waals surface area contributed by atoms with Crippen molar-refractivity contribution in [3.63, 3.8) is 0 Å². The van der Waals surface area contributed by atoms with Crippen LogP contribution >= 0.6 is 0 Å². The van der Waals surface area contributed by atoms with Gasteiger partial charge < -0.3 is 48.2 Å². The molecular formula is C40H48F2N8O10S. The number of imidazole rings is 2. The van der Waals surface area contributed by atoms with Crippen molar-refractivity contribution in [3.05, 3.63) is 72.1 Å². The summed E-state index contributed by atoms with van der Waals surface area (Å²) < 4.78 is 75.8. The molecule has 6 rings (SSSR count). The number of alkyl carbamates (subject to hydrolysis) is 2. The zero-order valence-corrected chi connectivity index (χ0v) is 35.2. The van der Waals surface area contributed by atoms with Crippen LogP contribution in [-0.4, -0.2) is 102 Å². The van der Waals surface area contributed by atoms with Crippen LogP contribution in [0.2, 0.25) is 0 Å². The Morgan fingerprint density at radius 1 is 0.705 bits per heavy atom. The average molecular weight is 871 g/mol. The molecule has 2 aromatic carbocycles. The summed E-state index contributed by atoms with van der Waals surface area (Å²) in [6.45, 7) is 8.04. The number of carbonyl (C=O) groups is 4. The van der Waals surface area contributed by atoms with E-state index in [-0.39, 0.29) is 34.8 Å². The van der Waals surface area contributed by atoms with Crippen molar-refractivity contribution in [2.75, 3.05) is 27.3 Å². The minimum atomic E-state index is -5.13. The fourth-order valence-corrected chi connectivity index (χ4v) is 8.13. The lowest BCUT2D eigenvalue weighted by molar-refractivity contribution is -0.136. The van der Waals surface area contributed by atoms with Gasteiger partial charge in [-0.15, -0.1) is 8.42 Å². The molecule has 0 spiro atoms. The third-order valence-electron chi connectivity index (χ3n) is 10.5. The van der Waals surface area contributed by atoms with Crippen LogP contribution in [0.1, 0.15) is 77.1 Å². The van der Waals surface area contributed by atoms with Gasteiger partial charge in [0.05, 0.1) is 50.1 Å². The molecule has 328 valence electrons. The van der Waals surface area contributed by atoms with Crippen molar-refractivity contribution in [2.24, 2.45) is 11.8 Å². The Morgan fingerprint density at radius 3 is 1.46 bits per heavy atom. The largest absolute Gasteiger partial charge is 0.501 e. The van der Waals surface area contributed by atoms with Crippen LogP contribution in [0.4, 0.5) is 18.4 Å². The number of hydrogen-bond donors (Lipinski definition) is 4. The molecule has 0 unspecified atom stereocenters. The summed E-state index contributed by atoms with van der Waals surface area (Å²) in [7, 11) is -2.71. The lowest BCUT2D eigenvalue weighted by Gasteiger charge is -2.30. The van der Waals surface area contributed by atoms with Crippen LogP contribution in [0.25, 0.3) is 22.5 Å². The van der Waals surface area contributed by atoms with Gasteiger partial charge in [0.1, 0.15) is 23.7 Å². The quantitative estimate of drug-likeness (QED) is 0.123. The maximum absolute atomic E-state index is 15.0. The Balaban J connectivity index is 1.15. The molecule has 0 radical (unpaired) electrons. The van der Waals surface area contributed by atoms with Crippen molar-refractivity contribution < 1.29 is 54.2 Å². The zero-order chi connectivity index (χ0) is 44.2. The zero-order valence-electron chi connectivity index (χ0n) is 34.4. The molecule has 2 aliphatic heterocycles. The summed E-state index contributed by atoms with van der Waals surface area (Å²) in [5.41, 5.74) is 1.26. The molecule has 0 saturated carbocycles. The Hall–Kier alpha value is -6.25. The summed E-state index contributed by atoms with van der Waals surface area (Å²) in [5.74, 6) is -3.84. The number of hydrogen-bond acceptors (Lipinski definition) is 12. The second kappa shape index (κ2) is 18.6. The predicted octanol–water partition coefficient (Wildman–Crippen LogP) is 5.54. The summed E-state index contributed by atoms with van der Waals surface area (Å²) >= 11 is 0. The van der Waals surface area contributed by atoms with E-state index in [1.807, 2.05) is 0 Å². The molecule has 2 saturated heterocycles. The van der Waals surface area contributed by atoms with Gasteiger partial charge in [0.2, 0.25) is 11.8 Å². The Kier molecular flexibility index (Phi) is 13.5. The predicted molar refractivity (Wildman–Crippen MR) is 214 cm³/mol. The molecule has 0 bridgehead atoms. The van der Waals surface area contributed by atoms with Gasteiger partial charge in [-0.05, 0) is 73.9 Å². The van der Waals surface area contributed by atoms with E-state index in [2.05, 4.69) is 30.6 Å². The first-order chi connectivity index (χ1) is 29.0. The first-order valence-corrected chi connectivity index (χ1v) is 21.0. The third-order valence-corrected chi connectivity index (χ3v) is 11.3. The van der Waals surface area contributed by atoms with Gasteiger partial charge in [-0.3, -0.25) is 9.59 Å². The molecule has 2 aliphatic rings. The summed E-state index contributed by atoms with van der Waals surface area (Å²) in [6.07, 6.45) is 3.92. The second-order valence-corrected chi connectivity index (χ2v) is 16.5. The highest BCUT2D eigenvalue weighted by Crippen LogP contribution is 2.36. The van der Waals surface area contributed by atoms with Gasteiger partial charge in [0, 0.05) is 24.2 Å². The van der Waals surface area contributed by atoms with Crippen molar-refractivity contribution in [3.8, 4) is 34.0 Å². The fourth-order valence-electron chi connectivity index (χ4n) is 7.40. The maximum atomic E-state index is 15.0. The van der Waals surface area contributed by atoms with E-state index in [0.29, 0.717) is 61.8 Å². The highest BCUT2D eigenvalue weighted by atomic mass is 32.3. The number of H-pyrrole nitrogens is 2. The monoisotopic (exact) mass is 870 g/mol. The van der Waals surface area contributed by atoms with E-state index in [4.69, 9.17) is 17.8 Å². The summed E-state index contributed by atoms with van der Waals surface area (Å²) in [6, 6.07) is 4.28. The van der Waals surface area contributed by atoms with Crippen LogP contribution in [0.15, 0.2) is 48.8 Å². The number of likely N-dealkylation sites (tertiary alicyclic amines) is 2. The number of nitrogens with zero attached hydrogens (tertiary/aromatic N) is 4. The molecule has 21 heteroatoms. The number of benzene rings is 2. The standard InChI is InChI=1S/C40H48F2N8O10S/c1-21(2)33(47-39(53)57-5)37(51)49-15-7-9-29(49)35-43-19-27(45-35)23-11-13-25(41)31(17-23)59-61(55,56)60-32-18-24(12-14-26(32)42)28-20-44-36(46-28)30-10-8-16-50(30)38(52)34(22(3)4)48-40(54)58-6/h11-14,17-22,29-30,33-34H,7-10,15-16H2,1-6H3,(H,43,45)(H,44,46)(H,47,53)(H,48,54)/t29-,30-,33-,34-/m0/s1. The number of aromatic nitrogens is 4. The van der Waals surface area contributed by atoms with Crippen LogP contribution in [0, 0.1) is 23.5 Å². The topological polar surface area (TPSA) is 227 Å². The highest BCUT2D eigenvalue weighted by Gasteiger charge is 2.39. The van der Waals surface area contributed by atoms with E-state index in [0.717, 1.165) is 24.3 Å². The van der Waals surface area contributed by atoms with Crippen LogP contribution in [0.3, 0.4) is 0 Å². The normalized spacial score (nSPS) is 17.6. The Bertz CT molecular complexity index is 2220. The van der Waals surface area contributed by atoms with E-state index in [1.165, 1.54) is 38.7 Å². The summed E-state index contributed by atoms with van der Waals surface area (Å²) in [4.78, 5) is 69.4. The van der Waals surface area contributed by atoms with E-state index >= 15 is 8.78 Å². The number of ether oxygens (including phenoxy) is 2. The maximum Gasteiger partial charge on any atom is 0.501 e. The first kappa shape index (κ1) is 44.3. The van der Waals surface area contributed by atoms with Crippen molar-refractivity contribution >= 4 is 34.4 Å². The van der Waals surface area contributed by atoms with E-state index in [9.17, 15) is 27.6 Å². The van der Waals surface area contributed by atoms with Crippen molar-refractivity contribution in [1.29, 1.82) is 0 Å². The molecule has 61 heavy (non-hydrogen) atoms. The third kappa shape index (κ3) is 10.0. The van der Waals surface area contributed by atoms with E-state index < -0.39 is 69.9 Å². The molecule has 4 atom stereocenters. The van der Waals surface area contributed by atoms with Crippen LogP contribution in [-0.2, 0) is 29.5 Å². The molecule has 2 fully saturated rings. The van der Waals surface area contributed by atoms with Gasteiger partial charge in [-0.25, -0.2) is 28.3 Å². The fraction of sp³-hybridized carbons (Fsp3) is 0.450. The lowest BCUT2D eigenvalue weighted by atomic mass is 10.0. The molecule has 4 heterocycles. The molecule has 4 amide bonds. The second-order valence-electron chi connectivity index (χ2n) is 15.3. The first-order valence-electron chi connectivity index (χ1n) is 19.6. The molecule has 0 aliphatic carbocycles. The number of methoxy groups -OCH3 is 2. The number of amides is 4. The SMILES string of the molecule is COC(=O)N[C@H](C(=O)N1CCC[C@H]1c1ncc(-c2ccc(F)c(OS(=O)(=O)Oc3cc(-c4cnc([C@@H]5CCCN5C(=O)[C@@H](NC(=O)OC)C(C)C)[nH]4)ccc3F)c2)[nH]1)C(C)C. The van der Waals surface area contributed by atoms with Crippen LogP contribution in [0.5, 0.6) is 11.5 Å². The number of rotatable bonds is 14. The number of nitrogens with one attached hydrogen (secondary N) is 4. The van der Waals surface area contributed by atoms with Crippen molar-refractivity contribution in [1.82, 2.24) is 40.4 Å². The summed E-state index contributed by atoms with van der Waals surface area (Å²) in [5, 5.41) is 5.18. The van der Waals surface area contributed by atoms with Crippen LogP contribution < -0.4 is 19.0 Å². The average Bonchev–Trinajstić information content (AvgIpc) is 4.06.